The second kappa shape index (κ2) is 8.37. The average Bonchev–Trinajstić information content (AvgIpc) is 2.70. The number of nitrogens with zero attached hydrogens (tertiary/aromatic N) is 3. The van der Waals surface area contributed by atoms with Crippen LogP contribution in [-0.2, 0) is 0 Å². The Morgan fingerprint density at radius 2 is 2.11 bits per heavy atom. The molecule has 2 aromatic carbocycles. The summed E-state index contributed by atoms with van der Waals surface area (Å²) in [6.45, 7) is 0. The number of phenols is 1. The monoisotopic (exact) mass is 439 g/mol. The molecule has 0 atom stereocenters. The molecule has 0 fully saturated rings. The number of aromatic hydroxyl groups is 1. The summed E-state index contributed by atoms with van der Waals surface area (Å²) in [6.07, 6.45) is 1.35. The largest absolute Gasteiger partial charge is 0.504 e. The van der Waals surface area contributed by atoms with Gasteiger partial charge in [0.05, 0.1) is 19.0 Å². The van der Waals surface area contributed by atoms with Crippen molar-refractivity contribution in [1.82, 2.24) is 9.97 Å². The quantitative estimate of drug-likeness (QED) is 0.414. The van der Waals surface area contributed by atoms with Crippen LogP contribution in [-0.4, -0.2) is 28.4 Å². The Morgan fingerprint density at radius 1 is 1.36 bits per heavy atom. The van der Waals surface area contributed by atoms with E-state index in [0.29, 0.717) is 15.6 Å². The molecular formula is C19H14BrN5O3. The van der Waals surface area contributed by atoms with Crippen molar-refractivity contribution in [2.24, 2.45) is 5.10 Å². The van der Waals surface area contributed by atoms with Crippen molar-refractivity contribution in [1.29, 1.82) is 5.26 Å². The first-order valence-electron chi connectivity index (χ1n) is 7.99. The maximum atomic E-state index is 12.2. The first-order valence-corrected chi connectivity index (χ1v) is 8.78. The normalized spacial score (nSPS) is 10.6. The van der Waals surface area contributed by atoms with E-state index in [-0.39, 0.29) is 28.7 Å². The van der Waals surface area contributed by atoms with Gasteiger partial charge in [0.25, 0.3) is 5.56 Å². The highest BCUT2D eigenvalue weighted by Crippen LogP contribution is 2.32. The van der Waals surface area contributed by atoms with Gasteiger partial charge in [0.2, 0.25) is 5.95 Å². The van der Waals surface area contributed by atoms with Crippen molar-refractivity contribution in [3.05, 3.63) is 68.4 Å². The number of benzene rings is 2. The number of hydrogen-bond donors (Lipinski definition) is 3. The molecule has 0 aliphatic carbocycles. The maximum absolute atomic E-state index is 12.2. The SMILES string of the molecule is COc1cc(Br)cc(C=NNc2nc(-c3ccccc3)c(C#N)c(=O)[nH]2)c1O. The minimum absolute atomic E-state index is 0.0561. The van der Waals surface area contributed by atoms with Crippen LogP contribution in [0, 0.1) is 11.3 Å². The highest BCUT2D eigenvalue weighted by atomic mass is 79.9. The van der Waals surface area contributed by atoms with E-state index in [1.807, 2.05) is 12.1 Å². The van der Waals surface area contributed by atoms with Gasteiger partial charge in [-0.1, -0.05) is 46.3 Å². The zero-order valence-corrected chi connectivity index (χ0v) is 16.2. The molecule has 0 saturated carbocycles. The van der Waals surface area contributed by atoms with Crippen LogP contribution in [0.4, 0.5) is 5.95 Å². The molecule has 0 amide bonds. The average molecular weight is 440 g/mol. The molecule has 28 heavy (non-hydrogen) atoms. The summed E-state index contributed by atoms with van der Waals surface area (Å²) in [4.78, 5) is 18.9. The topological polar surface area (TPSA) is 123 Å². The number of nitriles is 1. The lowest BCUT2D eigenvalue weighted by Gasteiger charge is -2.07. The Labute approximate surface area is 168 Å². The number of anilines is 1. The molecule has 0 spiro atoms. The Balaban J connectivity index is 1.93. The first kappa shape index (κ1) is 19.1. The first-order chi connectivity index (χ1) is 13.5. The van der Waals surface area contributed by atoms with Crippen molar-refractivity contribution in [2.45, 2.75) is 0 Å². The summed E-state index contributed by atoms with van der Waals surface area (Å²) < 4.78 is 5.78. The van der Waals surface area contributed by atoms with Crippen LogP contribution < -0.4 is 15.7 Å². The van der Waals surface area contributed by atoms with Gasteiger partial charge < -0.3 is 9.84 Å². The summed E-state index contributed by atoms with van der Waals surface area (Å²) in [7, 11) is 1.44. The van der Waals surface area contributed by atoms with E-state index in [1.54, 1.807) is 36.4 Å². The predicted octanol–water partition coefficient (Wildman–Crippen LogP) is 3.23. The molecule has 0 aliphatic heterocycles. The van der Waals surface area contributed by atoms with Crippen molar-refractivity contribution in [3.63, 3.8) is 0 Å². The van der Waals surface area contributed by atoms with Crippen molar-refractivity contribution < 1.29 is 9.84 Å². The van der Waals surface area contributed by atoms with E-state index in [2.05, 4.69) is 36.4 Å². The molecular weight excluding hydrogens is 426 g/mol. The van der Waals surface area contributed by atoms with Gasteiger partial charge in [-0.2, -0.15) is 10.4 Å². The molecule has 9 heteroatoms. The Bertz CT molecular complexity index is 1140. The third-order valence-electron chi connectivity index (χ3n) is 3.74. The molecule has 1 heterocycles. The number of hydrazone groups is 1. The molecule has 1 aromatic heterocycles. The summed E-state index contributed by atoms with van der Waals surface area (Å²) in [5.74, 6) is 0.259. The summed E-state index contributed by atoms with van der Waals surface area (Å²) in [5, 5.41) is 23.4. The maximum Gasteiger partial charge on any atom is 0.270 e. The number of phenolic OH excluding ortho intramolecular Hbond substituents is 1. The lowest BCUT2D eigenvalue weighted by atomic mass is 10.1. The van der Waals surface area contributed by atoms with Crippen LogP contribution in [0.15, 0.2) is 56.8 Å². The van der Waals surface area contributed by atoms with E-state index >= 15 is 0 Å². The van der Waals surface area contributed by atoms with Crippen LogP contribution in [0.3, 0.4) is 0 Å². The van der Waals surface area contributed by atoms with Gasteiger partial charge >= 0.3 is 0 Å². The van der Waals surface area contributed by atoms with E-state index in [9.17, 15) is 15.2 Å². The fraction of sp³-hybridized carbons (Fsp3) is 0.0526. The zero-order valence-electron chi connectivity index (χ0n) is 14.6. The van der Waals surface area contributed by atoms with Crippen LogP contribution >= 0.6 is 15.9 Å². The van der Waals surface area contributed by atoms with Crippen molar-refractivity contribution in [2.75, 3.05) is 12.5 Å². The molecule has 3 aromatic rings. The number of methoxy groups -OCH3 is 1. The number of nitrogens with one attached hydrogen (secondary N) is 2. The Kier molecular flexibility index (Phi) is 5.72. The van der Waals surface area contributed by atoms with E-state index < -0.39 is 5.56 Å². The number of hydrogen-bond acceptors (Lipinski definition) is 7. The van der Waals surface area contributed by atoms with Gasteiger partial charge in [-0.05, 0) is 12.1 Å². The Morgan fingerprint density at radius 3 is 2.79 bits per heavy atom. The summed E-state index contributed by atoms with van der Waals surface area (Å²) in [5.41, 5.74) is 3.20. The lowest BCUT2D eigenvalue weighted by Crippen LogP contribution is -2.16. The number of rotatable bonds is 5. The van der Waals surface area contributed by atoms with Gasteiger partial charge in [0, 0.05) is 15.6 Å². The number of halogens is 1. The van der Waals surface area contributed by atoms with E-state index in [0.717, 1.165) is 0 Å². The summed E-state index contributed by atoms with van der Waals surface area (Å²) in [6, 6.07) is 14.0. The second-order valence-corrected chi connectivity index (χ2v) is 6.45. The van der Waals surface area contributed by atoms with Crippen LogP contribution in [0.25, 0.3) is 11.3 Å². The molecule has 8 nitrogen and oxygen atoms in total. The van der Waals surface area contributed by atoms with E-state index in [4.69, 9.17) is 4.74 Å². The minimum atomic E-state index is -0.582. The molecule has 0 bridgehead atoms. The number of ether oxygens (including phenoxy) is 1. The molecule has 3 N–H and O–H groups in total. The smallest absolute Gasteiger partial charge is 0.270 e. The van der Waals surface area contributed by atoms with Gasteiger partial charge in [-0.3, -0.25) is 9.78 Å². The van der Waals surface area contributed by atoms with Crippen LogP contribution in [0.2, 0.25) is 0 Å². The molecule has 0 aliphatic rings. The fourth-order valence-corrected chi connectivity index (χ4v) is 2.90. The molecule has 140 valence electrons. The third-order valence-corrected chi connectivity index (χ3v) is 4.20. The fourth-order valence-electron chi connectivity index (χ4n) is 2.45. The second-order valence-electron chi connectivity index (χ2n) is 5.53. The molecule has 0 radical (unpaired) electrons. The van der Waals surface area contributed by atoms with Crippen molar-refractivity contribution in [3.8, 4) is 28.8 Å². The van der Waals surface area contributed by atoms with Crippen LogP contribution in [0.1, 0.15) is 11.1 Å². The molecule has 0 unspecified atom stereocenters. The number of H-pyrrole nitrogens is 1. The zero-order chi connectivity index (χ0) is 20.1. The lowest BCUT2D eigenvalue weighted by molar-refractivity contribution is 0.373. The molecule has 0 saturated heterocycles. The van der Waals surface area contributed by atoms with Crippen molar-refractivity contribution >= 4 is 28.1 Å². The number of aromatic nitrogens is 2. The van der Waals surface area contributed by atoms with Crippen LogP contribution in [0.5, 0.6) is 11.5 Å². The third kappa shape index (κ3) is 4.02. The van der Waals surface area contributed by atoms with E-state index in [1.165, 1.54) is 13.3 Å². The van der Waals surface area contributed by atoms with Gasteiger partial charge in [-0.25, -0.2) is 10.4 Å². The highest BCUT2D eigenvalue weighted by molar-refractivity contribution is 9.10. The Hall–Kier alpha value is -3.64. The highest BCUT2D eigenvalue weighted by Gasteiger charge is 2.13. The number of aromatic amines is 1. The predicted molar refractivity (Wildman–Crippen MR) is 109 cm³/mol. The standard InChI is InChI=1S/C19H14BrN5O3/c1-28-15-8-13(20)7-12(17(15)26)10-22-25-19-23-16(11-5-3-2-4-6-11)14(9-21)18(27)24-19/h2-8,10,26H,1H3,(H2,23,24,25,27). The minimum Gasteiger partial charge on any atom is -0.504 e. The van der Waals surface area contributed by atoms with Gasteiger partial charge in [0.15, 0.2) is 11.5 Å². The van der Waals surface area contributed by atoms with Gasteiger partial charge in [-0.15, -0.1) is 0 Å². The van der Waals surface area contributed by atoms with Gasteiger partial charge in [0.1, 0.15) is 11.6 Å². The summed E-state index contributed by atoms with van der Waals surface area (Å²) >= 11 is 3.32. The molecule has 3 rings (SSSR count).